The van der Waals surface area contributed by atoms with Gasteiger partial charge in [-0.3, -0.25) is 4.79 Å². The lowest BCUT2D eigenvalue weighted by Crippen LogP contribution is -2.11. The molecule has 104 valence electrons. The van der Waals surface area contributed by atoms with E-state index in [1.807, 2.05) is 12.1 Å². The molecule has 0 saturated carbocycles. The lowest BCUT2D eigenvalue weighted by Gasteiger charge is -2.18. The molecule has 0 amide bonds. The molecule has 0 saturated heterocycles. The van der Waals surface area contributed by atoms with Gasteiger partial charge in [0.2, 0.25) is 0 Å². The molecule has 0 atom stereocenters. The summed E-state index contributed by atoms with van der Waals surface area (Å²) in [5.74, 6) is -1.20. The molecule has 0 aliphatic carbocycles. The quantitative estimate of drug-likeness (QED) is 0.657. The fourth-order valence-electron chi connectivity index (χ4n) is 1.23. The van der Waals surface area contributed by atoms with E-state index >= 15 is 0 Å². The number of esters is 1. The van der Waals surface area contributed by atoms with E-state index < -0.39 is 5.97 Å². The van der Waals surface area contributed by atoms with Crippen LogP contribution in [0.2, 0.25) is 0 Å². The second kappa shape index (κ2) is 7.36. The molecule has 1 aromatic carbocycles. The Kier molecular flexibility index (Phi) is 6.55. The van der Waals surface area contributed by atoms with Crippen molar-refractivity contribution in [3.05, 3.63) is 48.2 Å². The third-order valence-corrected chi connectivity index (χ3v) is 2.25. The summed E-state index contributed by atoms with van der Waals surface area (Å²) in [4.78, 5) is 20.3. The number of aromatic carboxylic acids is 1. The molecule has 0 radical (unpaired) electrons. The first-order chi connectivity index (χ1) is 8.68. The number of hydrogen-bond acceptors (Lipinski definition) is 3. The smallest absolute Gasteiger partial charge is 0.335 e. The summed E-state index contributed by atoms with van der Waals surface area (Å²) in [6, 6.07) is 7.01. The fourth-order valence-corrected chi connectivity index (χ4v) is 1.23. The molecule has 0 spiro atoms. The summed E-state index contributed by atoms with van der Waals surface area (Å²) in [7, 11) is 0. The molecule has 0 fully saturated rings. The van der Waals surface area contributed by atoms with E-state index in [2.05, 4.69) is 32.1 Å². The molecule has 0 aliphatic rings. The van der Waals surface area contributed by atoms with Crippen LogP contribution in [-0.4, -0.2) is 17.0 Å². The normalized spacial score (nSPS) is 9.89. The number of benzene rings is 1. The van der Waals surface area contributed by atoms with Crippen molar-refractivity contribution in [1.29, 1.82) is 0 Å². The van der Waals surface area contributed by atoms with Crippen LogP contribution in [0.25, 0.3) is 0 Å². The monoisotopic (exact) mass is 264 g/mol. The fraction of sp³-hybridized carbons (Fsp3) is 0.333. The van der Waals surface area contributed by atoms with Gasteiger partial charge >= 0.3 is 11.9 Å². The van der Waals surface area contributed by atoms with Gasteiger partial charge in [-0.1, -0.05) is 39.5 Å². The van der Waals surface area contributed by atoms with Crippen molar-refractivity contribution in [1.82, 2.24) is 0 Å². The van der Waals surface area contributed by atoms with Crippen LogP contribution in [0.3, 0.4) is 0 Å². The number of ether oxygens (including phenoxy) is 1. The molecule has 0 aliphatic heterocycles. The first-order valence-electron chi connectivity index (χ1n) is 5.80. The van der Waals surface area contributed by atoms with Gasteiger partial charge in [0.1, 0.15) is 0 Å². The Labute approximate surface area is 113 Å². The standard InChI is InChI=1S/C11H14O2.C4H6O2/c1-11(2,3)9-6-4-8(5-7-9)10(12)13;1-3-6-4(2)5/h4-7H,1-3H3,(H,12,13);3H,1H2,2H3. The van der Waals surface area contributed by atoms with Crippen LogP contribution >= 0.6 is 0 Å². The van der Waals surface area contributed by atoms with E-state index in [0.717, 1.165) is 11.8 Å². The van der Waals surface area contributed by atoms with Gasteiger partial charge in [0.05, 0.1) is 11.8 Å². The Morgan fingerprint density at radius 3 is 1.89 bits per heavy atom. The third kappa shape index (κ3) is 7.03. The predicted octanol–water partition coefficient (Wildman–Crippen LogP) is 3.38. The van der Waals surface area contributed by atoms with Gasteiger partial charge in [-0.05, 0) is 23.1 Å². The van der Waals surface area contributed by atoms with Crippen molar-refractivity contribution < 1.29 is 19.4 Å². The highest BCUT2D eigenvalue weighted by molar-refractivity contribution is 5.87. The van der Waals surface area contributed by atoms with E-state index in [1.165, 1.54) is 6.92 Å². The minimum atomic E-state index is -0.875. The van der Waals surface area contributed by atoms with Crippen LogP contribution in [0.1, 0.15) is 43.6 Å². The van der Waals surface area contributed by atoms with E-state index in [4.69, 9.17) is 5.11 Å². The summed E-state index contributed by atoms with van der Waals surface area (Å²) in [6.45, 7) is 10.8. The molecule has 0 aromatic heterocycles. The zero-order valence-corrected chi connectivity index (χ0v) is 11.8. The molecule has 19 heavy (non-hydrogen) atoms. The maximum Gasteiger partial charge on any atom is 0.335 e. The molecular formula is C15H20O4. The summed E-state index contributed by atoms with van der Waals surface area (Å²) in [5.41, 5.74) is 1.57. The maximum absolute atomic E-state index is 10.6. The number of carbonyl (C=O) groups is 2. The topological polar surface area (TPSA) is 63.6 Å². The van der Waals surface area contributed by atoms with Crippen molar-refractivity contribution in [2.75, 3.05) is 0 Å². The van der Waals surface area contributed by atoms with Gasteiger partial charge in [0.25, 0.3) is 0 Å². The Bertz CT molecular complexity index is 438. The summed E-state index contributed by atoms with van der Waals surface area (Å²) >= 11 is 0. The van der Waals surface area contributed by atoms with Crippen LogP contribution in [0.5, 0.6) is 0 Å². The van der Waals surface area contributed by atoms with E-state index in [-0.39, 0.29) is 11.4 Å². The highest BCUT2D eigenvalue weighted by Crippen LogP contribution is 2.21. The van der Waals surface area contributed by atoms with Crippen LogP contribution in [0.4, 0.5) is 0 Å². The highest BCUT2D eigenvalue weighted by atomic mass is 16.5. The van der Waals surface area contributed by atoms with Crippen molar-refractivity contribution in [3.63, 3.8) is 0 Å². The van der Waals surface area contributed by atoms with Crippen LogP contribution in [0, 0.1) is 0 Å². The first kappa shape index (κ1) is 16.9. The minimum absolute atomic E-state index is 0.0804. The summed E-state index contributed by atoms with van der Waals surface area (Å²) in [5, 5.41) is 8.68. The maximum atomic E-state index is 10.6. The molecule has 4 nitrogen and oxygen atoms in total. The molecule has 1 rings (SSSR count). The number of hydrogen-bond donors (Lipinski definition) is 1. The van der Waals surface area contributed by atoms with Crippen molar-refractivity contribution >= 4 is 11.9 Å². The van der Waals surface area contributed by atoms with E-state index in [1.54, 1.807) is 12.1 Å². The SMILES string of the molecule is C=COC(C)=O.CC(C)(C)c1ccc(C(=O)O)cc1. The number of carbonyl (C=O) groups excluding carboxylic acids is 1. The van der Waals surface area contributed by atoms with E-state index in [9.17, 15) is 9.59 Å². The molecule has 1 aromatic rings. The van der Waals surface area contributed by atoms with Crippen LogP contribution in [0.15, 0.2) is 37.1 Å². The second-order valence-electron chi connectivity index (χ2n) is 4.91. The van der Waals surface area contributed by atoms with E-state index in [0.29, 0.717) is 5.56 Å². The highest BCUT2D eigenvalue weighted by Gasteiger charge is 2.13. The Morgan fingerprint density at radius 1 is 1.21 bits per heavy atom. The third-order valence-electron chi connectivity index (χ3n) is 2.25. The lowest BCUT2D eigenvalue weighted by molar-refractivity contribution is -0.135. The number of rotatable bonds is 2. The lowest BCUT2D eigenvalue weighted by atomic mass is 9.87. The van der Waals surface area contributed by atoms with Crippen LogP contribution < -0.4 is 0 Å². The molecule has 0 heterocycles. The zero-order chi connectivity index (χ0) is 15.1. The Hall–Kier alpha value is -2.10. The van der Waals surface area contributed by atoms with Crippen molar-refractivity contribution in [2.45, 2.75) is 33.1 Å². The minimum Gasteiger partial charge on any atom is -0.478 e. The van der Waals surface area contributed by atoms with Gasteiger partial charge in [-0.2, -0.15) is 0 Å². The second-order valence-corrected chi connectivity index (χ2v) is 4.91. The number of carboxylic acids is 1. The Morgan fingerprint density at radius 2 is 1.68 bits per heavy atom. The average molecular weight is 264 g/mol. The van der Waals surface area contributed by atoms with Gasteiger partial charge in [-0.25, -0.2) is 4.79 Å². The van der Waals surface area contributed by atoms with Crippen molar-refractivity contribution in [2.24, 2.45) is 0 Å². The molecule has 4 heteroatoms. The molecule has 1 N–H and O–H groups in total. The summed E-state index contributed by atoms with van der Waals surface area (Å²) in [6.07, 6.45) is 1.10. The zero-order valence-electron chi connectivity index (χ0n) is 11.8. The summed E-state index contributed by atoms with van der Waals surface area (Å²) < 4.78 is 4.17. The average Bonchev–Trinajstić information content (AvgIpc) is 2.28. The van der Waals surface area contributed by atoms with Crippen molar-refractivity contribution in [3.8, 4) is 0 Å². The first-order valence-corrected chi connectivity index (χ1v) is 5.80. The predicted molar refractivity (Wildman–Crippen MR) is 74.1 cm³/mol. The molecular weight excluding hydrogens is 244 g/mol. The van der Waals surface area contributed by atoms with Gasteiger partial charge in [0.15, 0.2) is 0 Å². The Balaban J connectivity index is 0.000000459. The number of carboxylic acid groups (broad SMARTS) is 1. The van der Waals surface area contributed by atoms with Crippen LogP contribution in [-0.2, 0) is 14.9 Å². The van der Waals surface area contributed by atoms with Gasteiger partial charge < -0.3 is 9.84 Å². The largest absolute Gasteiger partial charge is 0.478 e. The molecule has 0 bridgehead atoms. The van der Waals surface area contributed by atoms with Gasteiger partial charge in [0, 0.05) is 6.92 Å². The van der Waals surface area contributed by atoms with Gasteiger partial charge in [-0.15, -0.1) is 0 Å². The molecule has 0 unspecified atom stereocenters.